The maximum absolute atomic E-state index is 6.32. The lowest BCUT2D eigenvalue weighted by Gasteiger charge is -2.27. The van der Waals surface area contributed by atoms with Gasteiger partial charge in [0.15, 0.2) is 11.6 Å². The summed E-state index contributed by atoms with van der Waals surface area (Å²) >= 11 is 0. The van der Waals surface area contributed by atoms with Crippen LogP contribution in [0.3, 0.4) is 0 Å². The molecule has 0 amide bonds. The zero-order chi connectivity index (χ0) is 23.1. The minimum absolute atomic E-state index is 0.329. The molecule has 0 spiro atoms. The summed E-state index contributed by atoms with van der Waals surface area (Å²) in [5.74, 6) is 9.19. The van der Waals surface area contributed by atoms with Gasteiger partial charge in [-0.3, -0.25) is 0 Å². The molecule has 5 N–H and O–H groups in total. The first-order valence-corrected chi connectivity index (χ1v) is 9.78. The largest absolute Gasteiger partial charge is 0.497 e. The lowest BCUT2D eigenvalue weighted by Crippen LogP contribution is -2.26. The third-order valence-corrected chi connectivity index (χ3v) is 5.01. The highest BCUT2D eigenvalue weighted by Gasteiger charge is 2.20. The van der Waals surface area contributed by atoms with Gasteiger partial charge in [-0.15, -0.1) is 0 Å². The molecule has 0 aliphatic heterocycles. The molecular weight excluding hydrogens is 412 g/mol. The number of nitrogens with zero attached hydrogens (tertiary/aromatic N) is 3. The van der Waals surface area contributed by atoms with Crippen LogP contribution in [0.25, 0.3) is 0 Å². The molecule has 1 aromatic heterocycles. The highest BCUT2D eigenvalue weighted by Crippen LogP contribution is 2.33. The molecule has 0 aliphatic carbocycles. The Morgan fingerprint density at radius 3 is 1.78 bits per heavy atom. The quantitative estimate of drug-likeness (QED) is 0.319. The SMILES string of the molecule is COc1ccc(CN(Cc2ccc(OC)cc2OC)c2ncnc(NN)c2N)c(OC)c1. The second-order valence-corrected chi connectivity index (χ2v) is 6.82. The van der Waals surface area contributed by atoms with Gasteiger partial charge in [0.1, 0.15) is 35.0 Å². The van der Waals surface area contributed by atoms with E-state index in [2.05, 4.69) is 15.4 Å². The molecule has 0 unspecified atom stereocenters. The Bertz CT molecular complexity index is 1010. The molecule has 10 heteroatoms. The normalized spacial score (nSPS) is 10.4. The van der Waals surface area contributed by atoms with Crippen LogP contribution in [0.1, 0.15) is 11.1 Å². The first kappa shape index (κ1) is 22.8. The monoisotopic (exact) mass is 440 g/mol. The highest BCUT2D eigenvalue weighted by atomic mass is 16.5. The molecule has 32 heavy (non-hydrogen) atoms. The molecule has 0 atom stereocenters. The van der Waals surface area contributed by atoms with Crippen LogP contribution >= 0.6 is 0 Å². The lowest BCUT2D eigenvalue weighted by atomic mass is 10.1. The number of anilines is 3. The number of nitrogens with one attached hydrogen (secondary N) is 1. The molecule has 2 aromatic carbocycles. The van der Waals surface area contributed by atoms with Crippen LogP contribution in [-0.4, -0.2) is 38.4 Å². The first-order chi connectivity index (χ1) is 15.5. The third-order valence-electron chi connectivity index (χ3n) is 5.01. The Labute approximate surface area is 187 Å². The lowest BCUT2D eigenvalue weighted by molar-refractivity contribution is 0.389. The van der Waals surface area contributed by atoms with Gasteiger partial charge in [-0.1, -0.05) is 0 Å². The van der Waals surface area contributed by atoms with Crippen molar-refractivity contribution in [1.29, 1.82) is 0 Å². The van der Waals surface area contributed by atoms with Gasteiger partial charge in [0, 0.05) is 36.3 Å². The highest BCUT2D eigenvalue weighted by molar-refractivity contribution is 5.74. The Balaban J connectivity index is 2.05. The van der Waals surface area contributed by atoms with Gasteiger partial charge < -0.3 is 35.0 Å². The predicted molar refractivity (Wildman–Crippen MR) is 123 cm³/mol. The third kappa shape index (κ3) is 4.86. The van der Waals surface area contributed by atoms with Gasteiger partial charge in [0.05, 0.1) is 28.4 Å². The summed E-state index contributed by atoms with van der Waals surface area (Å²) in [6, 6.07) is 11.3. The smallest absolute Gasteiger partial charge is 0.168 e. The Morgan fingerprint density at radius 2 is 1.34 bits per heavy atom. The maximum atomic E-state index is 6.32. The number of benzene rings is 2. The molecule has 0 radical (unpaired) electrons. The second kappa shape index (κ2) is 10.4. The van der Waals surface area contributed by atoms with Crippen molar-refractivity contribution in [3.8, 4) is 23.0 Å². The van der Waals surface area contributed by atoms with Gasteiger partial charge in [0.25, 0.3) is 0 Å². The fourth-order valence-electron chi connectivity index (χ4n) is 3.34. The maximum Gasteiger partial charge on any atom is 0.168 e. The minimum Gasteiger partial charge on any atom is -0.497 e. The number of hydrogen-bond acceptors (Lipinski definition) is 10. The Kier molecular flexibility index (Phi) is 7.40. The predicted octanol–water partition coefficient (Wildman–Crippen LogP) is 2.59. The van der Waals surface area contributed by atoms with E-state index < -0.39 is 0 Å². The fraction of sp³-hybridized carbons (Fsp3) is 0.273. The van der Waals surface area contributed by atoms with Crippen LogP contribution in [0.2, 0.25) is 0 Å². The van der Waals surface area contributed by atoms with Crippen molar-refractivity contribution >= 4 is 17.3 Å². The molecule has 0 saturated carbocycles. The summed E-state index contributed by atoms with van der Waals surface area (Å²) in [4.78, 5) is 10.5. The van der Waals surface area contributed by atoms with Crippen molar-refractivity contribution in [2.45, 2.75) is 13.1 Å². The zero-order valence-corrected chi connectivity index (χ0v) is 18.6. The van der Waals surface area contributed by atoms with E-state index in [1.807, 2.05) is 41.3 Å². The molecule has 0 aliphatic rings. The van der Waals surface area contributed by atoms with E-state index in [-0.39, 0.29) is 0 Å². The number of ether oxygens (including phenoxy) is 4. The summed E-state index contributed by atoms with van der Waals surface area (Å²) in [5.41, 5.74) is 11.0. The van der Waals surface area contributed by atoms with E-state index in [1.54, 1.807) is 28.4 Å². The average Bonchev–Trinajstić information content (AvgIpc) is 2.84. The van der Waals surface area contributed by atoms with Crippen molar-refractivity contribution in [3.63, 3.8) is 0 Å². The number of nitrogen functional groups attached to an aromatic ring is 2. The van der Waals surface area contributed by atoms with Crippen LogP contribution in [0.15, 0.2) is 42.7 Å². The van der Waals surface area contributed by atoms with E-state index in [9.17, 15) is 0 Å². The molecule has 3 aromatic rings. The summed E-state index contributed by atoms with van der Waals surface area (Å²) in [6.45, 7) is 0.876. The number of methoxy groups -OCH3 is 4. The van der Waals surface area contributed by atoms with Crippen molar-refractivity contribution in [3.05, 3.63) is 53.9 Å². The van der Waals surface area contributed by atoms with Gasteiger partial charge >= 0.3 is 0 Å². The topological polar surface area (TPSA) is 130 Å². The number of hydrogen-bond donors (Lipinski definition) is 3. The van der Waals surface area contributed by atoms with Gasteiger partial charge in [0.2, 0.25) is 0 Å². The summed E-state index contributed by atoms with van der Waals surface area (Å²) in [7, 11) is 6.45. The number of rotatable bonds is 10. The van der Waals surface area contributed by atoms with Crippen molar-refractivity contribution in [2.24, 2.45) is 5.84 Å². The summed E-state index contributed by atoms with van der Waals surface area (Å²) in [6.07, 6.45) is 1.41. The Morgan fingerprint density at radius 1 is 0.812 bits per heavy atom. The van der Waals surface area contributed by atoms with E-state index >= 15 is 0 Å². The second-order valence-electron chi connectivity index (χ2n) is 6.82. The standard InChI is InChI=1S/C22H28N6O4/c1-29-16-7-5-14(18(9-16)31-3)11-28(22-20(23)21(27-24)25-13-26-22)12-15-6-8-17(30-2)10-19(15)32-4/h5-10,13H,11-12,23-24H2,1-4H3,(H,25,26,27). The zero-order valence-electron chi connectivity index (χ0n) is 18.6. The van der Waals surface area contributed by atoms with Crippen LogP contribution in [0.4, 0.5) is 17.3 Å². The fourth-order valence-corrected chi connectivity index (χ4v) is 3.34. The van der Waals surface area contributed by atoms with Crippen LogP contribution in [-0.2, 0) is 13.1 Å². The van der Waals surface area contributed by atoms with Crippen molar-refractivity contribution < 1.29 is 18.9 Å². The van der Waals surface area contributed by atoms with Gasteiger partial charge in [-0.2, -0.15) is 0 Å². The molecule has 0 saturated heterocycles. The van der Waals surface area contributed by atoms with Crippen LogP contribution in [0, 0.1) is 0 Å². The van der Waals surface area contributed by atoms with E-state index in [4.69, 9.17) is 30.5 Å². The summed E-state index contributed by atoms with van der Waals surface area (Å²) < 4.78 is 21.8. The molecule has 0 bridgehead atoms. The molecule has 1 heterocycles. The molecule has 3 rings (SSSR count). The van der Waals surface area contributed by atoms with E-state index in [0.29, 0.717) is 53.4 Å². The van der Waals surface area contributed by atoms with Crippen molar-refractivity contribution in [2.75, 3.05) is 44.5 Å². The molecular formula is C22H28N6O4. The molecule has 10 nitrogen and oxygen atoms in total. The van der Waals surface area contributed by atoms with Crippen molar-refractivity contribution in [1.82, 2.24) is 9.97 Å². The van der Waals surface area contributed by atoms with Gasteiger partial charge in [-0.25, -0.2) is 15.8 Å². The van der Waals surface area contributed by atoms with Crippen LogP contribution < -0.4 is 40.8 Å². The van der Waals surface area contributed by atoms with E-state index in [0.717, 1.165) is 11.1 Å². The van der Waals surface area contributed by atoms with E-state index in [1.165, 1.54) is 6.33 Å². The minimum atomic E-state index is 0.329. The number of hydrazine groups is 1. The molecule has 0 fully saturated rings. The Hall–Kier alpha value is -3.92. The number of nitrogens with two attached hydrogens (primary N) is 2. The molecule has 170 valence electrons. The summed E-state index contributed by atoms with van der Waals surface area (Å²) in [5, 5.41) is 0. The first-order valence-electron chi connectivity index (χ1n) is 9.78. The van der Waals surface area contributed by atoms with Crippen LogP contribution in [0.5, 0.6) is 23.0 Å². The van der Waals surface area contributed by atoms with Gasteiger partial charge in [-0.05, 0) is 24.3 Å². The average molecular weight is 441 g/mol. The number of aromatic nitrogens is 2.